The number of nitrogens with zero attached hydrogens (tertiary/aromatic N) is 2. The number of hydrogen-bond donors (Lipinski definition) is 2. The smallest absolute Gasteiger partial charge is 0.131 e. The van der Waals surface area contributed by atoms with Crippen LogP contribution in [0.5, 0.6) is 5.75 Å². The molecular weight excluding hydrogens is 259 g/mol. The number of rotatable bonds is 6. The minimum atomic E-state index is -0.331. The molecule has 0 fully saturated rings. The van der Waals surface area contributed by atoms with E-state index in [1.807, 2.05) is 17.8 Å². The van der Waals surface area contributed by atoms with E-state index in [-0.39, 0.29) is 11.9 Å². The Labute approximate surface area is 117 Å². The van der Waals surface area contributed by atoms with Crippen LogP contribution in [0.25, 0.3) is 0 Å². The van der Waals surface area contributed by atoms with Gasteiger partial charge in [0.25, 0.3) is 0 Å². The molecule has 1 aromatic heterocycles. The Bertz CT molecular complexity index is 570. The van der Waals surface area contributed by atoms with Crippen molar-refractivity contribution < 1.29 is 9.13 Å². The third-order valence-corrected chi connectivity index (χ3v) is 3.36. The van der Waals surface area contributed by atoms with Gasteiger partial charge in [-0.3, -0.25) is 11.3 Å². The Hall–Kier alpha value is -1.92. The molecule has 5 nitrogen and oxygen atoms in total. The van der Waals surface area contributed by atoms with Gasteiger partial charge in [0, 0.05) is 31.4 Å². The molecule has 0 amide bonds. The maximum atomic E-state index is 14.0. The fourth-order valence-electron chi connectivity index (χ4n) is 2.26. The first-order valence-electron chi connectivity index (χ1n) is 6.42. The van der Waals surface area contributed by atoms with Gasteiger partial charge in [0.2, 0.25) is 0 Å². The summed E-state index contributed by atoms with van der Waals surface area (Å²) in [6.07, 6.45) is 4.93. The van der Waals surface area contributed by atoms with Crippen LogP contribution >= 0.6 is 0 Å². The van der Waals surface area contributed by atoms with Crippen molar-refractivity contribution in [2.45, 2.75) is 18.9 Å². The number of aryl methyl sites for hydroxylation is 2. The Morgan fingerprint density at radius 2 is 2.30 bits per heavy atom. The van der Waals surface area contributed by atoms with Crippen molar-refractivity contribution in [3.05, 3.63) is 47.8 Å². The minimum absolute atomic E-state index is 0.327. The first-order valence-corrected chi connectivity index (χ1v) is 6.42. The highest BCUT2D eigenvalue weighted by Gasteiger charge is 2.19. The molecule has 3 N–H and O–H groups in total. The zero-order valence-electron chi connectivity index (χ0n) is 11.6. The van der Waals surface area contributed by atoms with Crippen LogP contribution in [0.1, 0.15) is 23.9 Å². The van der Waals surface area contributed by atoms with Crippen LogP contribution in [-0.4, -0.2) is 16.7 Å². The van der Waals surface area contributed by atoms with Crippen molar-refractivity contribution in [3.63, 3.8) is 0 Å². The van der Waals surface area contributed by atoms with E-state index in [9.17, 15) is 4.39 Å². The largest absolute Gasteiger partial charge is 0.496 e. The first-order chi connectivity index (χ1) is 9.67. The molecule has 1 heterocycles. The topological polar surface area (TPSA) is 65.1 Å². The summed E-state index contributed by atoms with van der Waals surface area (Å²) in [5, 5.41) is 0. The van der Waals surface area contributed by atoms with Crippen LogP contribution in [0.2, 0.25) is 0 Å². The van der Waals surface area contributed by atoms with Crippen LogP contribution in [0.4, 0.5) is 4.39 Å². The summed E-state index contributed by atoms with van der Waals surface area (Å²) in [5.41, 5.74) is 3.11. The van der Waals surface area contributed by atoms with Gasteiger partial charge in [-0.2, -0.15) is 0 Å². The first kappa shape index (κ1) is 14.5. The molecule has 2 rings (SSSR count). The number of imidazole rings is 1. The third-order valence-electron chi connectivity index (χ3n) is 3.36. The van der Waals surface area contributed by atoms with Crippen LogP contribution in [0.3, 0.4) is 0 Å². The van der Waals surface area contributed by atoms with Crippen molar-refractivity contribution in [1.82, 2.24) is 15.0 Å². The SMILES string of the molecule is COc1cccc(F)c1C(CCc1nccn1C)NN. The zero-order chi connectivity index (χ0) is 14.5. The number of nitrogens with one attached hydrogen (secondary N) is 1. The van der Waals surface area contributed by atoms with Crippen LogP contribution < -0.4 is 16.0 Å². The summed E-state index contributed by atoms with van der Waals surface area (Å²) in [4.78, 5) is 4.25. The van der Waals surface area contributed by atoms with Gasteiger partial charge in [-0.05, 0) is 18.6 Å². The maximum Gasteiger partial charge on any atom is 0.131 e. The Morgan fingerprint density at radius 1 is 1.50 bits per heavy atom. The molecule has 2 aromatic rings. The molecule has 0 bridgehead atoms. The second-order valence-electron chi connectivity index (χ2n) is 4.57. The van der Waals surface area contributed by atoms with E-state index < -0.39 is 0 Å². The molecule has 6 heteroatoms. The van der Waals surface area contributed by atoms with Crippen molar-refractivity contribution in [2.75, 3.05) is 7.11 Å². The predicted octanol–water partition coefficient (Wildman–Crippen LogP) is 1.70. The highest BCUT2D eigenvalue weighted by Crippen LogP contribution is 2.30. The number of hydrazine groups is 1. The molecule has 0 aliphatic heterocycles. The van der Waals surface area contributed by atoms with Crippen molar-refractivity contribution in [2.24, 2.45) is 12.9 Å². The predicted molar refractivity (Wildman–Crippen MR) is 74.5 cm³/mol. The van der Waals surface area contributed by atoms with Gasteiger partial charge in [0.15, 0.2) is 0 Å². The zero-order valence-corrected chi connectivity index (χ0v) is 11.6. The van der Waals surface area contributed by atoms with Gasteiger partial charge in [-0.15, -0.1) is 0 Å². The van der Waals surface area contributed by atoms with Crippen molar-refractivity contribution >= 4 is 0 Å². The molecule has 0 aliphatic carbocycles. The molecule has 1 aromatic carbocycles. The number of halogens is 1. The van der Waals surface area contributed by atoms with E-state index in [1.54, 1.807) is 18.3 Å². The second kappa shape index (κ2) is 6.49. The lowest BCUT2D eigenvalue weighted by molar-refractivity contribution is 0.385. The van der Waals surface area contributed by atoms with Crippen molar-refractivity contribution in [1.29, 1.82) is 0 Å². The number of hydrogen-bond acceptors (Lipinski definition) is 4. The number of methoxy groups -OCH3 is 1. The van der Waals surface area contributed by atoms with Gasteiger partial charge < -0.3 is 9.30 Å². The highest BCUT2D eigenvalue weighted by molar-refractivity contribution is 5.37. The van der Waals surface area contributed by atoms with Gasteiger partial charge >= 0.3 is 0 Å². The molecule has 0 saturated carbocycles. The lowest BCUT2D eigenvalue weighted by Gasteiger charge is -2.19. The quantitative estimate of drug-likeness (QED) is 0.623. The molecule has 0 saturated heterocycles. The normalized spacial score (nSPS) is 12.4. The van der Waals surface area contributed by atoms with Crippen LogP contribution in [0, 0.1) is 5.82 Å². The Kier molecular flexibility index (Phi) is 4.70. The summed E-state index contributed by atoms with van der Waals surface area (Å²) < 4.78 is 21.2. The van der Waals surface area contributed by atoms with Crippen LogP contribution in [0.15, 0.2) is 30.6 Å². The lowest BCUT2D eigenvalue weighted by atomic mass is 10.0. The number of benzene rings is 1. The number of ether oxygens (including phenoxy) is 1. The summed E-state index contributed by atoms with van der Waals surface area (Å²) in [5.74, 6) is 6.67. The third kappa shape index (κ3) is 2.97. The molecule has 20 heavy (non-hydrogen) atoms. The molecule has 0 radical (unpaired) electrons. The lowest BCUT2D eigenvalue weighted by Crippen LogP contribution is -2.29. The van der Waals surface area contributed by atoms with E-state index >= 15 is 0 Å². The average molecular weight is 278 g/mol. The average Bonchev–Trinajstić information content (AvgIpc) is 2.86. The van der Waals surface area contributed by atoms with Crippen molar-refractivity contribution in [3.8, 4) is 5.75 Å². The Morgan fingerprint density at radius 3 is 2.90 bits per heavy atom. The second-order valence-corrected chi connectivity index (χ2v) is 4.57. The van der Waals surface area contributed by atoms with E-state index in [2.05, 4.69) is 10.4 Å². The molecule has 1 unspecified atom stereocenters. The fraction of sp³-hybridized carbons (Fsp3) is 0.357. The number of aromatic nitrogens is 2. The molecular formula is C14H19FN4O. The molecule has 1 atom stereocenters. The molecule has 0 spiro atoms. The van der Waals surface area contributed by atoms with Gasteiger partial charge in [-0.25, -0.2) is 9.37 Å². The number of nitrogens with two attached hydrogens (primary N) is 1. The van der Waals surface area contributed by atoms with Crippen LogP contribution in [-0.2, 0) is 13.5 Å². The summed E-state index contributed by atoms with van der Waals surface area (Å²) in [7, 11) is 3.45. The standard InChI is InChI=1S/C14H19FN4O/c1-19-9-8-17-13(19)7-6-11(18-16)14-10(15)4-3-5-12(14)20-2/h3-5,8-9,11,18H,6-7,16H2,1-2H3. The molecule has 0 aliphatic rings. The van der Waals surface area contributed by atoms with E-state index in [0.29, 0.717) is 24.2 Å². The molecule has 108 valence electrons. The van der Waals surface area contributed by atoms with Gasteiger partial charge in [0.1, 0.15) is 17.4 Å². The Balaban J connectivity index is 2.18. The van der Waals surface area contributed by atoms with E-state index in [0.717, 1.165) is 5.82 Å². The van der Waals surface area contributed by atoms with E-state index in [4.69, 9.17) is 10.6 Å². The maximum absolute atomic E-state index is 14.0. The summed E-state index contributed by atoms with van der Waals surface area (Å²) in [6, 6.07) is 4.42. The van der Waals surface area contributed by atoms with Gasteiger partial charge in [0.05, 0.1) is 13.2 Å². The van der Waals surface area contributed by atoms with Gasteiger partial charge in [-0.1, -0.05) is 6.07 Å². The fourth-order valence-corrected chi connectivity index (χ4v) is 2.26. The summed E-state index contributed by atoms with van der Waals surface area (Å²) >= 11 is 0. The van der Waals surface area contributed by atoms with E-state index in [1.165, 1.54) is 13.2 Å². The highest BCUT2D eigenvalue weighted by atomic mass is 19.1. The monoisotopic (exact) mass is 278 g/mol. The minimum Gasteiger partial charge on any atom is -0.496 e. The summed E-state index contributed by atoms with van der Waals surface area (Å²) in [6.45, 7) is 0.